The van der Waals surface area contributed by atoms with Crippen LogP contribution < -0.4 is 19.5 Å². The molecule has 0 radical (unpaired) electrons. The number of carbonyl (C=O) groups excluding carboxylic acids is 1. The second-order valence-corrected chi connectivity index (χ2v) is 11.8. The molecule has 0 bridgehead atoms. The van der Waals surface area contributed by atoms with Crippen molar-refractivity contribution in [2.45, 2.75) is 69.8 Å². The molecular formula is C30H40F3N3O5S. The predicted octanol–water partition coefficient (Wildman–Crippen LogP) is 6.01. The number of halogens is 3. The molecule has 42 heavy (non-hydrogen) atoms. The van der Waals surface area contributed by atoms with Gasteiger partial charge in [-0.1, -0.05) is 50.2 Å². The van der Waals surface area contributed by atoms with Crippen molar-refractivity contribution < 1.29 is 37.3 Å². The summed E-state index contributed by atoms with van der Waals surface area (Å²) in [6, 6.07) is 17.5. The summed E-state index contributed by atoms with van der Waals surface area (Å²) >= 11 is 1.49. The van der Waals surface area contributed by atoms with Crippen molar-refractivity contribution in [1.82, 2.24) is 14.9 Å². The summed E-state index contributed by atoms with van der Waals surface area (Å²) in [7, 11) is 3.38. The molecule has 1 aliphatic heterocycles. The molecule has 2 aromatic rings. The van der Waals surface area contributed by atoms with Gasteiger partial charge in [-0.05, 0) is 73.4 Å². The first-order valence-electron chi connectivity index (χ1n) is 13.9. The minimum Gasteiger partial charge on any atom is -0.493 e. The summed E-state index contributed by atoms with van der Waals surface area (Å²) in [5.41, 5.74) is 2.68. The molecule has 2 amide bonds. The molecule has 2 aromatic carbocycles. The van der Waals surface area contributed by atoms with Crippen LogP contribution in [0, 0.1) is 5.92 Å². The summed E-state index contributed by atoms with van der Waals surface area (Å²) in [5.74, 6) is 0.235. The Morgan fingerprint density at radius 1 is 1.10 bits per heavy atom. The van der Waals surface area contributed by atoms with Gasteiger partial charge in [-0.15, -0.1) is 0 Å². The number of carbonyl (C=O) groups is 2. The summed E-state index contributed by atoms with van der Waals surface area (Å²) in [6.45, 7) is 6.27. The number of aliphatic carboxylic acids is 1. The Balaban J connectivity index is 0.000000616. The molecule has 232 valence electrons. The lowest BCUT2D eigenvalue weighted by Crippen LogP contribution is -2.53. The molecule has 1 heterocycles. The highest BCUT2D eigenvalue weighted by Gasteiger charge is 2.51. The van der Waals surface area contributed by atoms with E-state index in [0.29, 0.717) is 12.0 Å². The van der Waals surface area contributed by atoms with Crippen molar-refractivity contribution >= 4 is 23.9 Å². The normalized spacial score (nSPS) is 22.0. The van der Waals surface area contributed by atoms with Gasteiger partial charge in [0.25, 0.3) is 0 Å². The number of hydrogen-bond acceptors (Lipinski definition) is 6. The Bertz CT molecular complexity index is 1180. The summed E-state index contributed by atoms with van der Waals surface area (Å²) in [4.78, 5) is 24.1. The van der Waals surface area contributed by atoms with E-state index in [0.717, 1.165) is 56.0 Å². The molecular weight excluding hydrogens is 571 g/mol. The average Bonchev–Trinajstić information content (AvgIpc) is 3.31. The number of nitrogens with one attached hydrogen (secondary N) is 2. The molecule has 1 saturated heterocycles. The third-order valence-electron chi connectivity index (χ3n) is 7.72. The lowest BCUT2D eigenvalue weighted by Gasteiger charge is -2.45. The van der Waals surface area contributed by atoms with Gasteiger partial charge in [0, 0.05) is 29.8 Å². The van der Waals surface area contributed by atoms with Crippen LogP contribution in [0.2, 0.25) is 0 Å². The van der Waals surface area contributed by atoms with Crippen molar-refractivity contribution in [1.29, 1.82) is 0 Å². The third kappa shape index (κ3) is 8.70. The molecule has 12 heteroatoms. The molecule has 0 aromatic heterocycles. The number of nitrogens with zero attached hydrogens (tertiary/aromatic N) is 1. The zero-order valence-electron chi connectivity index (χ0n) is 24.4. The van der Waals surface area contributed by atoms with Gasteiger partial charge in [0.05, 0.1) is 14.2 Å². The van der Waals surface area contributed by atoms with E-state index in [9.17, 15) is 18.0 Å². The van der Waals surface area contributed by atoms with Gasteiger partial charge >= 0.3 is 18.2 Å². The first-order valence-corrected chi connectivity index (χ1v) is 14.9. The van der Waals surface area contributed by atoms with Gasteiger partial charge < -0.3 is 19.9 Å². The summed E-state index contributed by atoms with van der Waals surface area (Å²) in [5, 5.41) is 10.4. The van der Waals surface area contributed by atoms with E-state index in [1.807, 2.05) is 6.07 Å². The summed E-state index contributed by atoms with van der Waals surface area (Å²) in [6.07, 6.45) is -1.05. The van der Waals surface area contributed by atoms with Gasteiger partial charge in [-0.2, -0.15) is 13.2 Å². The number of amides is 2. The van der Waals surface area contributed by atoms with Gasteiger partial charge in [-0.25, -0.2) is 9.59 Å². The standard InChI is InChI=1S/C28H39N3O3S.C2HF3O2/c1-20(2)19-35-30-27(32)29-23-12-13-28(22-10-11-24(33-3)25(16-22)34-4)14-15-31(26(28)17-23)18-21-8-6-5-7-9-21;3-2(4,5)1(6)7/h5-11,16,20,23,26H,12-15,17-19H2,1-4H3,(H2,29,30,32);(H,6,7). The van der Waals surface area contributed by atoms with E-state index in [-0.39, 0.29) is 17.5 Å². The fraction of sp³-hybridized carbons (Fsp3) is 0.533. The number of ether oxygens (including phenoxy) is 2. The SMILES string of the molecule is COc1ccc(C23CCC(NC(=O)NSCC(C)C)CC2N(Cc2ccccc2)CC3)cc1OC.O=C(O)C(F)(F)F. The van der Waals surface area contributed by atoms with Crippen molar-refractivity contribution in [3.63, 3.8) is 0 Å². The van der Waals surface area contributed by atoms with Gasteiger partial charge in [0.2, 0.25) is 0 Å². The molecule has 0 spiro atoms. The molecule has 3 N–H and O–H groups in total. The maximum Gasteiger partial charge on any atom is 0.490 e. The highest BCUT2D eigenvalue weighted by Crippen LogP contribution is 2.50. The van der Waals surface area contributed by atoms with Crippen LogP contribution in [0.3, 0.4) is 0 Å². The van der Waals surface area contributed by atoms with Crippen LogP contribution in [0.5, 0.6) is 11.5 Å². The Kier molecular flexibility index (Phi) is 11.8. The first-order chi connectivity index (χ1) is 19.9. The van der Waals surface area contributed by atoms with Crippen LogP contribution >= 0.6 is 11.9 Å². The Morgan fingerprint density at radius 2 is 1.76 bits per heavy atom. The molecule has 8 nitrogen and oxygen atoms in total. The second-order valence-electron chi connectivity index (χ2n) is 11.0. The molecule has 2 fully saturated rings. The lowest BCUT2D eigenvalue weighted by atomic mass is 9.65. The van der Waals surface area contributed by atoms with Crippen LogP contribution in [-0.2, 0) is 16.8 Å². The van der Waals surface area contributed by atoms with Crippen LogP contribution in [-0.4, -0.2) is 66.8 Å². The fourth-order valence-corrected chi connectivity index (χ4v) is 6.36. The van der Waals surface area contributed by atoms with Crippen LogP contribution in [0.4, 0.5) is 18.0 Å². The third-order valence-corrected chi connectivity index (χ3v) is 8.88. The van der Waals surface area contributed by atoms with Crippen molar-refractivity contribution in [2.75, 3.05) is 26.5 Å². The number of carboxylic acids is 1. The van der Waals surface area contributed by atoms with E-state index >= 15 is 0 Å². The number of methoxy groups -OCH3 is 2. The zero-order chi connectivity index (χ0) is 30.9. The van der Waals surface area contributed by atoms with E-state index in [1.165, 1.54) is 23.1 Å². The smallest absolute Gasteiger partial charge is 0.490 e. The highest BCUT2D eigenvalue weighted by molar-refractivity contribution is 7.97. The average molecular weight is 612 g/mol. The number of hydrogen-bond donors (Lipinski definition) is 3. The maximum absolute atomic E-state index is 12.6. The Hall–Kier alpha value is -3.12. The first kappa shape index (κ1) is 33.4. The maximum atomic E-state index is 12.6. The van der Waals surface area contributed by atoms with Crippen LogP contribution in [0.25, 0.3) is 0 Å². The quantitative estimate of drug-likeness (QED) is 0.299. The Morgan fingerprint density at radius 3 is 2.36 bits per heavy atom. The Labute approximate surface area is 249 Å². The number of fused-ring (bicyclic) bond motifs is 1. The molecule has 3 unspecified atom stereocenters. The predicted molar refractivity (Wildman–Crippen MR) is 157 cm³/mol. The molecule has 3 atom stereocenters. The fourth-order valence-electron chi connectivity index (χ4n) is 5.75. The number of benzene rings is 2. The minimum absolute atomic E-state index is 0.0371. The van der Waals surface area contributed by atoms with E-state index in [2.05, 4.69) is 71.3 Å². The number of likely N-dealkylation sites (tertiary alicyclic amines) is 1. The van der Waals surface area contributed by atoms with Crippen molar-refractivity contribution in [3.05, 3.63) is 59.7 Å². The minimum atomic E-state index is -5.08. The molecule has 1 aliphatic carbocycles. The largest absolute Gasteiger partial charge is 0.493 e. The summed E-state index contributed by atoms with van der Waals surface area (Å²) < 4.78 is 45.9. The number of rotatable bonds is 9. The number of urea groups is 1. The van der Waals surface area contributed by atoms with Gasteiger partial charge in [0.15, 0.2) is 11.5 Å². The van der Waals surface area contributed by atoms with Crippen molar-refractivity contribution in [3.8, 4) is 11.5 Å². The topological polar surface area (TPSA) is 100 Å². The van der Waals surface area contributed by atoms with Gasteiger partial charge in [-0.3, -0.25) is 9.62 Å². The molecule has 4 rings (SSSR count). The van der Waals surface area contributed by atoms with Crippen LogP contribution in [0.15, 0.2) is 48.5 Å². The molecule has 2 aliphatic rings. The lowest BCUT2D eigenvalue weighted by molar-refractivity contribution is -0.192. The van der Waals surface area contributed by atoms with E-state index in [1.54, 1.807) is 14.2 Å². The number of carboxylic acid groups (broad SMARTS) is 1. The van der Waals surface area contributed by atoms with Crippen LogP contribution in [0.1, 0.15) is 50.7 Å². The number of alkyl halides is 3. The van der Waals surface area contributed by atoms with Gasteiger partial charge in [0.1, 0.15) is 0 Å². The van der Waals surface area contributed by atoms with Crippen molar-refractivity contribution in [2.24, 2.45) is 5.92 Å². The second kappa shape index (κ2) is 14.9. The highest BCUT2D eigenvalue weighted by atomic mass is 32.2. The monoisotopic (exact) mass is 611 g/mol. The van der Waals surface area contributed by atoms with E-state index < -0.39 is 12.1 Å². The zero-order valence-corrected chi connectivity index (χ0v) is 25.2. The van der Waals surface area contributed by atoms with E-state index in [4.69, 9.17) is 19.4 Å². The molecule has 1 saturated carbocycles.